The highest BCUT2D eigenvalue weighted by molar-refractivity contribution is 5.49. The van der Waals surface area contributed by atoms with E-state index in [0.717, 1.165) is 0 Å². The van der Waals surface area contributed by atoms with E-state index < -0.39 is 0 Å². The maximum absolute atomic E-state index is 9.34. The van der Waals surface area contributed by atoms with E-state index in [1.54, 1.807) is 24.4 Å². The van der Waals surface area contributed by atoms with Crippen molar-refractivity contribution in [1.29, 1.82) is 0 Å². The Bertz CT molecular complexity index is 437. The number of hydrogen-bond acceptors (Lipinski definition) is 5. The SMILES string of the molecule is Oc1ccccc1N=Nn1ccnn1. The van der Waals surface area contributed by atoms with Crippen molar-refractivity contribution in [2.75, 3.05) is 0 Å². The van der Waals surface area contributed by atoms with Gasteiger partial charge in [-0.15, -0.1) is 15.0 Å². The van der Waals surface area contributed by atoms with E-state index in [1.807, 2.05) is 0 Å². The second kappa shape index (κ2) is 3.65. The normalized spacial score (nSPS) is 10.9. The van der Waals surface area contributed by atoms with Gasteiger partial charge in [0.25, 0.3) is 0 Å². The average Bonchev–Trinajstić information content (AvgIpc) is 2.69. The Labute approximate surface area is 79.5 Å². The first-order valence-electron chi connectivity index (χ1n) is 3.92. The zero-order valence-electron chi connectivity index (χ0n) is 7.15. The van der Waals surface area contributed by atoms with Crippen LogP contribution in [0.15, 0.2) is 47.0 Å². The Balaban J connectivity index is 2.23. The number of benzene rings is 1. The van der Waals surface area contributed by atoms with E-state index >= 15 is 0 Å². The van der Waals surface area contributed by atoms with Crippen LogP contribution in [0, 0.1) is 0 Å². The van der Waals surface area contributed by atoms with Gasteiger partial charge in [-0.1, -0.05) is 12.1 Å². The van der Waals surface area contributed by atoms with Gasteiger partial charge in [0.05, 0.1) is 12.4 Å². The Morgan fingerprint density at radius 1 is 1.29 bits per heavy atom. The molecule has 6 heteroatoms. The molecule has 0 saturated carbocycles. The van der Waals surface area contributed by atoms with Gasteiger partial charge in [0.1, 0.15) is 11.4 Å². The molecule has 0 atom stereocenters. The molecular weight excluding hydrogens is 182 g/mol. The summed E-state index contributed by atoms with van der Waals surface area (Å²) >= 11 is 0. The maximum Gasteiger partial charge on any atom is 0.143 e. The smallest absolute Gasteiger partial charge is 0.143 e. The summed E-state index contributed by atoms with van der Waals surface area (Å²) < 4.78 is 0. The van der Waals surface area contributed by atoms with Crippen molar-refractivity contribution in [2.24, 2.45) is 10.3 Å². The van der Waals surface area contributed by atoms with Crippen molar-refractivity contribution in [3.05, 3.63) is 36.7 Å². The van der Waals surface area contributed by atoms with Gasteiger partial charge in [0, 0.05) is 0 Å². The number of rotatable bonds is 2. The fraction of sp³-hybridized carbons (Fsp3) is 0. The number of phenolic OH excluding ortho intramolecular Hbond substituents is 1. The van der Waals surface area contributed by atoms with Crippen LogP contribution < -0.4 is 0 Å². The van der Waals surface area contributed by atoms with Crippen LogP contribution in [0.5, 0.6) is 5.75 Å². The standard InChI is InChI=1S/C8H7N5O/c14-8-4-2-1-3-7(8)10-12-13-6-5-9-11-13/h1-6,14H. The molecule has 1 aromatic heterocycles. The molecule has 14 heavy (non-hydrogen) atoms. The van der Waals surface area contributed by atoms with Crippen LogP contribution in [0.2, 0.25) is 0 Å². The van der Waals surface area contributed by atoms with Crippen LogP contribution in [0.4, 0.5) is 5.69 Å². The molecule has 2 rings (SSSR count). The Kier molecular flexibility index (Phi) is 2.18. The molecule has 1 N–H and O–H groups in total. The lowest BCUT2D eigenvalue weighted by Crippen LogP contribution is -1.86. The van der Waals surface area contributed by atoms with Crippen LogP contribution in [0.3, 0.4) is 0 Å². The van der Waals surface area contributed by atoms with Gasteiger partial charge in [-0.05, 0) is 22.6 Å². The lowest BCUT2D eigenvalue weighted by molar-refractivity contribution is 0.475. The number of phenols is 1. The van der Waals surface area contributed by atoms with Gasteiger partial charge in [-0.25, -0.2) is 0 Å². The number of aromatic hydroxyl groups is 1. The minimum absolute atomic E-state index is 0.0800. The fourth-order valence-corrected chi connectivity index (χ4v) is 0.892. The van der Waals surface area contributed by atoms with Gasteiger partial charge < -0.3 is 5.11 Å². The quantitative estimate of drug-likeness (QED) is 0.728. The van der Waals surface area contributed by atoms with Crippen molar-refractivity contribution in [3.63, 3.8) is 0 Å². The predicted octanol–water partition coefficient (Wildman–Crippen LogP) is 1.53. The molecule has 0 aliphatic rings. The van der Waals surface area contributed by atoms with Crippen molar-refractivity contribution in [2.45, 2.75) is 0 Å². The van der Waals surface area contributed by atoms with Crippen molar-refractivity contribution < 1.29 is 5.11 Å². The lowest BCUT2D eigenvalue weighted by Gasteiger charge is -1.94. The molecule has 1 heterocycles. The topological polar surface area (TPSA) is 75.7 Å². The summed E-state index contributed by atoms with van der Waals surface area (Å²) in [7, 11) is 0. The second-order valence-corrected chi connectivity index (χ2v) is 2.50. The second-order valence-electron chi connectivity index (χ2n) is 2.50. The van der Waals surface area contributed by atoms with Crippen LogP contribution in [-0.4, -0.2) is 20.2 Å². The number of aromatic nitrogens is 3. The predicted molar refractivity (Wildman–Crippen MR) is 48.0 cm³/mol. The van der Waals surface area contributed by atoms with Crippen molar-refractivity contribution in [3.8, 4) is 5.75 Å². The molecule has 0 aliphatic carbocycles. The Morgan fingerprint density at radius 2 is 2.14 bits per heavy atom. The summed E-state index contributed by atoms with van der Waals surface area (Å²) in [6.45, 7) is 0. The molecular formula is C8H7N5O. The van der Waals surface area contributed by atoms with E-state index in [4.69, 9.17) is 0 Å². The zero-order chi connectivity index (χ0) is 9.80. The largest absolute Gasteiger partial charge is 0.506 e. The molecule has 0 radical (unpaired) electrons. The first kappa shape index (κ1) is 8.36. The molecule has 0 spiro atoms. The first-order valence-corrected chi connectivity index (χ1v) is 3.92. The van der Waals surface area contributed by atoms with E-state index in [1.165, 1.54) is 17.1 Å². The van der Waals surface area contributed by atoms with Crippen LogP contribution in [0.25, 0.3) is 0 Å². The van der Waals surface area contributed by atoms with E-state index in [0.29, 0.717) is 5.69 Å². The molecule has 0 unspecified atom stereocenters. The molecule has 0 fully saturated rings. The van der Waals surface area contributed by atoms with E-state index in [-0.39, 0.29) is 5.75 Å². The average molecular weight is 189 g/mol. The molecule has 0 saturated heterocycles. The maximum atomic E-state index is 9.34. The summed E-state index contributed by atoms with van der Waals surface area (Å²) in [6, 6.07) is 6.66. The van der Waals surface area contributed by atoms with Gasteiger partial charge in [0.2, 0.25) is 0 Å². The minimum atomic E-state index is 0.0800. The monoisotopic (exact) mass is 189 g/mol. The molecule has 0 bridgehead atoms. The molecule has 6 nitrogen and oxygen atoms in total. The van der Waals surface area contributed by atoms with Gasteiger partial charge in [-0.3, -0.25) is 0 Å². The minimum Gasteiger partial charge on any atom is -0.506 e. The van der Waals surface area contributed by atoms with Gasteiger partial charge in [-0.2, -0.15) is 0 Å². The first-order chi connectivity index (χ1) is 6.86. The Morgan fingerprint density at radius 3 is 2.86 bits per heavy atom. The molecule has 0 aliphatic heterocycles. The number of para-hydroxylation sites is 1. The summed E-state index contributed by atoms with van der Waals surface area (Å²) in [5.41, 5.74) is 0.392. The lowest BCUT2D eigenvalue weighted by atomic mass is 10.3. The third-order valence-corrected chi connectivity index (χ3v) is 1.54. The number of hydrogen-bond donors (Lipinski definition) is 1. The summed E-state index contributed by atoms with van der Waals surface area (Å²) in [5.74, 6) is 0.0800. The highest BCUT2D eigenvalue weighted by atomic mass is 16.3. The van der Waals surface area contributed by atoms with Gasteiger partial charge in [0.15, 0.2) is 0 Å². The van der Waals surface area contributed by atoms with Crippen molar-refractivity contribution in [1.82, 2.24) is 15.1 Å². The number of nitrogens with zero attached hydrogens (tertiary/aromatic N) is 5. The Hall–Kier alpha value is -2.24. The van der Waals surface area contributed by atoms with Crippen LogP contribution in [-0.2, 0) is 0 Å². The third-order valence-electron chi connectivity index (χ3n) is 1.54. The van der Waals surface area contributed by atoms with Crippen molar-refractivity contribution >= 4 is 5.69 Å². The van der Waals surface area contributed by atoms with E-state index in [9.17, 15) is 5.11 Å². The summed E-state index contributed by atoms with van der Waals surface area (Å²) in [4.78, 5) is 1.20. The van der Waals surface area contributed by atoms with E-state index in [2.05, 4.69) is 20.6 Å². The summed E-state index contributed by atoms with van der Waals surface area (Å²) in [6.07, 6.45) is 3.04. The summed E-state index contributed by atoms with van der Waals surface area (Å²) in [5, 5.41) is 24.0. The zero-order valence-corrected chi connectivity index (χ0v) is 7.15. The molecule has 1 aromatic carbocycles. The third kappa shape index (κ3) is 1.74. The fourth-order valence-electron chi connectivity index (χ4n) is 0.892. The molecule has 0 amide bonds. The molecule has 2 aromatic rings. The van der Waals surface area contributed by atoms with Gasteiger partial charge >= 0.3 is 0 Å². The highest BCUT2D eigenvalue weighted by Gasteiger charge is 1.95. The highest BCUT2D eigenvalue weighted by Crippen LogP contribution is 2.24. The van der Waals surface area contributed by atoms with Crippen LogP contribution in [0.1, 0.15) is 0 Å². The molecule has 70 valence electrons. The van der Waals surface area contributed by atoms with Crippen LogP contribution >= 0.6 is 0 Å².